The molecule has 0 aliphatic carbocycles. The first-order valence-corrected chi connectivity index (χ1v) is 7.70. The first kappa shape index (κ1) is 16.0. The van der Waals surface area contributed by atoms with E-state index in [2.05, 4.69) is 15.3 Å². The maximum Gasteiger partial charge on any atom is 0.359 e. The number of hydrogen-bond donors (Lipinski definition) is 1. The normalized spacial score (nSPS) is 10.1. The van der Waals surface area contributed by atoms with Crippen LogP contribution in [-0.4, -0.2) is 34.7 Å². The van der Waals surface area contributed by atoms with Crippen molar-refractivity contribution in [3.8, 4) is 0 Å². The zero-order valence-corrected chi connectivity index (χ0v) is 13.0. The molecule has 1 N–H and O–H groups in total. The van der Waals surface area contributed by atoms with Crippen molar-refractivity contribution in [3.63, 3.8) is 0 Å². The summed E-state index contributed by atoms with van der Waals surface area (Å²) in [5, 5.41) is 2.67. The Morgan fingerprint density at radius 1 is 1.27 bits per heavy atom. The lowest BCUT2D eigenvalue weighted by atomic mass is 10.3. The van der Waals surface area contributed by atoms with Crippen molar-refractivity contribution in [1.82, 2.24) is 9.97 Å². The van der Waals surface area contributed by atoms with Crippen molar-refractivity contribution in [1.29, 1.82) is 0 Å². The summed E-state index contributed by atoms with van der Waals surface area (Å²) in [6.07, 6.45) is 4.73. The average Bonchev–Trinajstić information content (AvgIpc) is 2.53. The second-order valence-electron chi connectivity index (χ2n) is 4.40. The molecule has 0 saturated heterocycles. The third kappa shape index (κ3) is 4.56. The van der Waals surface area contributed by atoms with E-state index in [4.69, 9.17) is 4.74 Å². The van der Waals surface area contributed by atoms with Gasteiger partial charge in [0.05, 0.1) is 11.9 Å². The van der Waals surface area contributed by atoms with Crippen molar-refractivity contribution in [3.05, 3.63) is 48.0 Å². The van der Waals surface area contributed by atoms with E-state index in [1.807, 2.05) is 24.5 Å². The molecule has 2 rings (SSSR count). The van der Waals surface area contributed by atoms with Crippen LogP contribution in [0.15, 0.2) is 41.6 Å². The number of thioether (sulfide) groups is 1. The molecule has 1 aromatic heterocycles. The van der Waals surface area contributed by atoms with E-state index >= 15 is 0 Å². The number of carbonyl (C=O) groups is 2. The third-order valence-electron chi connectivity index (χ3n) is 2.68. The highest BCUT2D eigenvalue weighted by Crippen LogP contribution is 2.18. The number of nitrogens with zero attached hydrogens (tertiary/aromatic N) is 2. The van der Waals surface area contributed by atoms with Gasteiger partial charge < -0.3 is 10.1 Å². The van der Waals surface area contributed by atoms with Gasteiger partial charge in [0.25, 0.3) is 5.91 Å². The van der Waals surface area contributed by atoms with E-state index in [9.17, 15) is 9.59 Å². The molecule has 114 valence electrons. The van der Waals surface area contributed by atoms with Crippen molar-refractivity contribution < 1.29 is 14.3 Å². The van der Waals surface area contributed by atoms with Crippen LogP contribution in [0.3, 0.4) is 0 Å². The van der Waals surface area contributed by atoms with E-state index in [0.29, 0.717) is 11.4 Å². The van der Waals surface area contributed by atoms with E-state index in [0.717, 1.165) is 4.90 Å². The lowest BCUT2D eigenvalue weighted by Gasteiger charge is -2.07. The molecular weight excluding hydrogens is 302 g/mol. The minimum atomic E-state index is -0.680. The van der Waals surface area contributed by atoms with Gasteiger partial charge in [-0.05, 0) is 31.4 Å². The second kappa shape index (κ2) is 7.56. The van der Waals surface area contributed by atoms with Gasteiger partial charge in [0.15, 0.2) is 12.3 Å². The summed E-state index contributed by atoms with van der Waals surface area (Å²) in [5.74, 6) is -1.09. The van der Waals surface area contributed by atoms with Gasteiger partial charge in [-0.2, -0.15) is 0 Å². The van der Waals surface area contributed by atoms with Crippen LogP contribution in [0, 0.1) is 6.92 Å². The molecule has 0 aliphatic heterocycles. The largest absolute Gasteiger partial charge is 0.451 e. The van der Waals surface area contributed by atoms with Crippen LogP contribution < -0.4 is 5.32 Å². The Morgan fingerprint density at radius 3 is 2.77 bits per heavy atom. The van der Waals surface area contributed by atoms with Gasteiger partial charge in [-0.25, -0.2) is 9.78 Å². The zero-order valence-electron chi connectivity index (χ0n) is 12.2. The first-order chi connectivity index (χ1) is 10.6. The fourth-order valence-electron chi connectivity index (χ4n) is 1.60. The van der Waals surface area contributed by atoms with Gasteiger partial charge in [-0.3, -0.25) is 9.78 Å². The van der Waals surface area contributed by atoms with Crippen LogP contribution in [0.1, 0.15) is 16.2 Å². The zero-order chi connectivity index (χ0) is 15.9. The Hall–Kier alpha value is -2.41. The number of rotatable bonds is 5. The number of esters is 1. The Labute approximate surface area is 132 Å². The highest BCUT2D eigenvalue weighted by atomic mass is 32.2. The number of aromatic nitrogens is 2. The molecule has 1 amide bonds. The molecule has 22 heavy (non-hydrogen) atoms. The molecule has 0 spiro atoms. The lowest BCUT2D eigenvalue weighted by Crippen LogP contribution is -2.21. The third-order valence-corrected chi connectivity index (χ3v) is 3.40. The summed E-state index contributed by atoms with van der Waals surface area (Å²) in [5.41, 5.74) is 1.42. The lowest BCUT2D eigenvalue weighted by molar-refractivity contribution is -0.119. The van der Waals surface area contributed by atoms with Crippen LogP contribution in [0.4, 0.5) is 5.69 Å². The summed E-state index contributed by atoms with van der Waals surface area (Å²) >= 11 is 1.57. The van der Waals surface area contributed by atoms with Crippen LogP contribution in [-0.2, 0) is 9.53 Å². The van der Waals surface area contributed by atoms with Crippen molar-refractivity contribution in [2.45, 2.75) is 11.8 Å². The number of aryl methyl sites for hydroxylation is 1. The van der Waals surface area contributed by atoms with E-state index < -0.39 is 11.9 Å². The molecule has 0 aliphatic rings. The Morgan fingerprint density at radius 2 is 2.09 bits per heavy atom. The number of anilines is 1. The highest BCUT2D eigenvalue weighted by molar-refractivity contribution is 7.98. The average molecular weight is 317 g/mol. The Bertz CT molecular complexity index is 674. The van der Waals surface area contributed by atoms with Crippen LogP contribution in [0.5, 0.6) is 0 Å². The number of benzene rings is 1. The van der Waals surface area contributed by atoms with Crippen LogP contribution in [0.2, 0.25) is 0 Å². The quantitative estimate of drug-likeness (QED) is 0.673. The molecule has 0 atom stereocenters. The smallest absolute Gasteiger partial charge is 0.359 e. The molecular formula is C15H15N3O3S. The van der Waals surface area contributed by atoms with E-state index in [1.165, 1.54) is 12.4 Å². The number of ether oxygens (including phenoxy) is 1. The maximum atomic E-state index is 11.8. The van der Waals surface area contributed by atoms with E-state index in [-0.39, 0.29) is 12.3 Å². The SMILES string of the molecule is CSc1cccc(NC(=O)COC(=O)c2cnc(C)cn2)c1. The van der Waals surface area contributed by atoms with Gasteiger partial charge >= 0.3 is 5.97 Å². The van der Waals surface area contributed by atoms with Gasteiger partial charge in [0, 0.05) is 16.8 Å². The van der Waals surface area contributed by atoms with Crippen molar-refractivity contribution >= 4 is 29.3 Å². The second-order valence-corrected chi connectivity index (χ2v) is 5.28. The Kier molecular flexibility index (Phi) is 5.48. The number of carbonyl (C=O) groups excluding carboxylic acids is 2. The van der Waals surface area contributed by atoms with Crippen LogP contribution >= 0.6 is 11.8 Å². The summed E-state index contributed by atoms with van der Waals surface area (Å²) in [7, 11) is 0. The standard InChI is InChI=1S/C15H15N3O3S/c1-10-7-17-13(8-16-10)15(20)21-9-14(19)18-11-4-3-5-12(6-11)22-2/h3-8H,9H2,1-2H3,(H,18,19). The summed E-state index contributed by atoms with van der Waals surface area (Å²) in [4.78, 5) is 32.3. The molecule has 0 bridgehead atoms. The summed E-state index contributed by atoms with van der Waals surface area (Å²) in [6.45, 7) is 1.39. The van der Waals surface area contributed by atoms with Gasteiger partial charge in [0.2, 0.25) is 0 Å². The first-order valence-electron chi connectivity index (χ1n) is 6.48. The van der Waals surface area contributed by atoms with Gasteiger partial charge in [0.1, 0.15) is 0 Å². The predicted octanol–water partition coefficient (Wildman–Crippen LogP) is 2.30. The molecule has 0 unspecified atom stereocenters. The minimum absolute atomic E-state index is 0.0720. The maximum absolute atomic E-state index is 11.8. The molecule has 0 saturated carbocycles. The van der Waals surface area contributed by atoms with E-state index in [1.54, 1.807) is 24.8 Å². The number of hydrogen-bond acceptors (Lipinski definition) is 6. The fraction of sp³-hybridized carbons (Fsp3) is 0.200. The molecule has 1 aromatic carbocycles. The van der Waals surface area contributed by atoms with Crippen molar-refractivity contribution in [2.24, 2.45) is 0 Å². The van der Waals surface area contributed by atoms with Crippen LogP contribution in [0.25, 0.3) is 0 Å². The molecule has 0 fully saturated rings. The van der Waals surface area contributed by atoms with Gasteiger partial charge in [-0.15, -0.1) is 11.8 Å². The summed E-state index contributed by atoms with van der Waals surface area (Å²) in [6, 6.07) is 7.40. The van der Waals surface area contributed by atoms with Crippen molar-refractivity contribution in [2.75, 3.05) is 18.2 Å². The molecule has 6 nitrogen and oxygen atoms in total. The highest BCUT2D eigenvalue weighted by Gasteiger charge is 2.12. The number of amides is 1. The molecule has 1 heterocycles. The van der Waals surface area contributed by atoms with Gasteiger partial charge in [-0.1, -0.05) is 6.07 Å². The predicted molar refractivity (Wildman–Crippen MR) is 83.9 cm³/mol. The molecule has 0 radical (unpaired) electrons. The summed E-state index contributed by atoms with van der Waals surface area (Å²) < 4.78 is 4.90. The molecule has 7 heteroatoms. The minimum Gasteiger partial charge on any atom is -0.451 e. The fourth-order valence-corrected chi connectivity index (χ4v) is 2.06. The topological polar surface area (TPSA) is 81.2 Å². The monoisotopic (exact) mass is 317 g/mol. The Balaban J connectivity index is 1.87. The molecule has 2 aromatic rings. The number of nitrogens with one attached hydrogen (secondary N) is 1.